The van der Waals surface area contributed by atoms with Crippen LogP contribution in [0, 0.1) is 12.8 Å². The van der Waals surface area contributed by atoms with Crippen molar-refractivity contribution >= 4 is 16.7 Å². The van der Waals surface area contributed by atoms with Crippen molar-refractivity contribution < 1.29 is 27.4 Å². The number of fused-ring (bicyclic) bond motifs is 1. The third kappa shape index (κ3) is 5.97. The van der Waals surface area contributed by atoms with Crippen molar-refractivity contribution in [3.8, 4) is 16.9 Å². The van der Waals surface area contributed by atoms with Gasteiger partial charge in [-0.3, -0.25) is 9.78 Å². The largest absolute Gasteiger partial charge is 0.573 e. The second-order valence-corrected chi connectivity index (χ2v) is 9.50. The van der Waals surface area contributed by atoms with E-state index in [2.05, 4.69) is 27.9 Å². The standard InChI is InChI=1S/C30H27F3N2O3/c1-20-27(24-7-9-26(10-8-24)38-30(31,32)33)3-2-4-28(20)29(36)35-13-14-37-19-22(18-35)15-21-5-6-23-11-12-34-17-25(23)16-21/h2-12,16-17,22H,13-15,18-19H2,1H3/t22-/m0/s1. The number of halogens is 3. The molecule has 2 heterocycles. The van der Waals surface area contributed by atoms with Gasteiger partial charge in [0.1, 0.15) is 5.75 Å². The molecule has 0 bridgehead atoms. The molecule has 1 amide bonds. The number of carbonyl (C=O) groups excluding carboxylic acids is 1. The quantitative estimate of drug-likeness (QED) is 0.304. The molecule has 8 heteroatoms. The monoisotopic (exact) mass is 520 g/mol. The fourth-order valence-corrected chi connectivity index (χ4v) is 4.97. The molecule has 3 aromatic carbocycles. The smallest absolute Gasteiger partial charge is 0.406 e. The minimum absolute atomic E-state index is 0.0837. The zero-order chi connectivity index (χ0) is 26.7. The predicted octanol–water partition coefficient (Wildman–Crippen LogP) is 6.44. The lowest BCUT2D eigenvalue weighted by Gasteiger charge is -2.25. The summed E-state index contributed by atoms with van der Waals surface area (Å²) in [7, 11) is 0. The molecule has 1 aliphatic rings. The molecule has 4 aromatic rings. The van der Waals surface area contributed by atoms with E-state index in [1.807, 2.05) is 30.2 Å². The molecule has 5 rings (SSSR count). The van der Waals surface area contributed by atoms with Crippen LogP contribution in [0.4, 0.5) is 13.2 Å². The summed E-state index contributed by atoms with van der Waals surface area (Å²) in [5, 5.41) is 2.22. The fourth-order valence-electron chi connectivity index (χ4n) is 4.97. The summed E-state index contributed by atoms with van der Waals surface area (Å²) in [4.78, 5) is 19.7. The van der Waals surface area contributed by atoms with Gasteiger partial charge in [0.05, 0.1) is 13.2 Å². The van der Waals surface area contributed by atoms with Crippen molar-refractivity contribution in [2.24, 2.45) is 5.92 Å². The summed E-state index contributed by atoms with van der Waals surface area (Å²) >= 11 is 0. The highest BCUT2D eigenvalue weighted by molar-refractivity contribution is 5.97. The van der Waals surface area contributed by atoms with Crippen LogP contribution in [0.2, 0.25) is 0 Å². The maximum absolute atomic E-state index is 13.7. The molecule has 196 valence electrons. The van der Waals surface area contributed by atoms with Gasteiger partial charge in [-0.25, -0.2) is 0 Å². The Morgan fingerprint density at radius 1 is 1.08 bits per heavy atom. The Labute approximate surface area is 218 Å². The molecule has 0 unspecified atom stereocenters. The zero-order valence-electron chi connectivity index (χ0n) is 20.9. The number of hydrogen-bond acceptors (Lipinski definition) is 4. The number of rotatable bonds is 5. The number of pyridine rings is 1. The van der Waals surface area contributed by atoms with Crippen molar-refractivity contribution in [2.45, 2.75) is 19.7 Å². The van der Waals surface area contributed by atoms with E-state index in [9.17, 15) is 18.0 Å². The first-order chi connectivity index (χ1) is 18.3. The number of alkyl halides is 3. The maximum Gasteiger partial charge on any atom is 0.573 e. The van der Waals surface area contributed by atoms with Crippen LogP contribution in [0.25, 0.3) is 21.9 Å². The van der Waals surface area contributed by atoms with Crippen LogP contribution in [0.5, 0.6) is 5.75 Å². The molecule has 1 saturated heterocycles. The van der Waals surface area contributed by atoms with Crippen molar-refractivity contribution in [3.63, 3.8) is 0 Å². The Morgan fingerprint density at radius 3 is 2.68 bits per heavy atom. The van der Waals surface area contributed by atoms with Crippen molar-refractivity contribution in [1.82, 2.24) is 9.88 Å². The molecule has 1 atom stereocenters. The van der Waals surface area contributed by atoms with E-state index in [0.29, 0.717) is 37.4 Å². The summed E-state index contributed by atoms with van der Waals surface area (Å²) in [5.74, 6) is -0.232. The molecule has 5 nitrogen and oxygen atoms in total. The van der Waals surface area contributed by atoms with Gasteiger partial charge in [0, 0.05) is 42.4 Å². The lowest BCUT2D eigenvalue weighted by atomic mass is 9.95. The highest BCUT2D eigenvalue weighted by Gasteiger charge is 2.31. The molecule has 0 aliphatic carbocycles. The normalized spacial score (nSPS) is 16.3. The zero-order valence-corrected chi connectivity index (χ0v) is 20.9. The van der Waals surface area contributed by atoms with Crippen LogP contribution in [0.1, 0.15) is 21.5 Å². The van der Waals surface area contributed by atoms with E-state index >= 15 is 0 Å². The lowest BCUT2D eigenvalue weighted by molar-refractivity contribution is -0.274. The average molecular weight is 521 g/mol. The Morgan fingerprint density at radius 2 is 1.89 bits per heavy atom. The first-order valence-corrected chi connectivity index (χ1v) is 12.4. The number of aromatic nitrogens is 1. The summed E-state index contributed by atoms with van der Waals surface area (Å²) in [5.41, 5.74) is 3.99. The van der Waals surface area contributed by atoms with E-state index in [-0.39, 0.29) is 17.6 Å². The Hall–Kier alpha value is -3.91. The average Bonchev–Trinajstić information content (AvgIpc) is 3.14. The van der Waals surface area contributed by atoms with E-state index in [0.717, 1.165) is 28.3 Å². The summed E-state index contributed by atoms with van der Waals surface area (Å²) in [6.07, 6.45) is -0.339. The van der Waals surface area contributed by atoms with Crippen LogP contribution in [0.15, 0.2) is 79.1 Å². The first-order valence-electron chi connectivity index (χ1n) is 12.4. The van der Waals surface area contributed by atoms with E-state index in [1.165, 1.54) is 17.7 Å². The second-order valence-electron chi connectivity index (χ2n) is 9.50. The third-order valence-corrected chi connectivity index (χ3v) is 6.82. The Balaban J connectivity index is 1.33. The number of benzene rings is 3. The number of nitrogens with zero attached hydrogens (tertiary/aromatic N) is 2. The number of amides is 1. The van der Waals surface area contributed by atoms with E-state index in [4.69, 9.17) is 4.74 Å². The molecule has 0 spiro atoms. The summed E-state index contributed by atoms with van der Waals surface area (Å²) < 4.78 is 47.4. The first kappa shape index (κ1) is 25.7. The van der Waals surface area contributed by atoms with Gasteiger partial charge in [-0.1, -0.05) is 36.4 Å². The Bertz CT molecular complexity index is 1440. The molecule has 1 aromatic heterocycles. The van der Waals surface area contributed by atoms with Crippen LogP contribution < -0.4 is 4.74 Å². The lowest BCUT2D eigenvalue weighted by Crippen LogP contribution is -2.36. The molecule has 1 aliphatic heterocycles. The number of hydrogen-bond donors (Lipinski definition) is 0. The van der Waals surface area contributed by atoms with Crippen molar-refractivity contribution in [3.05, 3.63) is 95.8 Å². The van der Waals surface area contributed by atoms with Crippen LogP contribution in [0.3, 0.4) is 0 Å². The van der Waals surface area contributed by atoms with Gasteiger partial charge >= 0.3 is 6.36 Å². The molecule has 0 saturated carbocycles. The Kier molecular flexibility index (Phi) is 7.33. The van der Waals surface area contributed by atoms with E-state index < -0.39 is 6.36 Å². The molecule has 0 radical (unpaired) electrons. The molecular formula is C30H27F3N2O3. The van der Waals surface area contributed by atoms with Gasteiger partial charge in [-0.2, -0.15) is 0 Å². The maximum atomic E-state index is 13.7. The number of ether oxygens (including phenoxy) is 2. The van der Waals surface area contributed by atoms with Crippen molar-refractivity contribution in [2.75, 3.05) is 26.3 Å². The van der Waals surface area contributed by atoms with Gasteiger partial charge < -0.3 is 14.4 Å². The van der Waals surface area contributed by atoms with Gasteiger partial charge in [0.25, 0.3) is 5.91 Å². The summed E-state index contributed by atoms with van der Waals surface area (Å²) in [6.45, 7) is 3.95. The van der Waals surface area contributed by atoms with Gasteiger partial charge in [0.2, 0.25) is 0 Å². The topological polar surface area (TPSA) is 51.7 Å². The molecule has 0 N–H and O–H groups in total. The van der Waals surface area contributed by atoms with Gasteiger partial charge in [0.15, 0.2) is 0 Å². The van der Waals surface area contributed by atoms with Crippen LogP contribution in [-0.2, 0) is 11.2 Å². The second kappa shape index (κ2) is 10.8. The van der Waals surface area contributed by atoms with Gasteiger partial charge in [-0.15, -0.1) is 13.2 Å². The highest BCUT2D eigenvalue weighted by atomic mass is 19.4. The minimum Gasteiger partial charge on any atom is -0.406 e. The fraction of sp³-hybridized carbons (Fsp3) is 0.267. The van der Waals surface area contributed by atoms with E-state index in [1.54, 1.807) is 30.5 Å². The van der Waals surface area contributed by atoms with Crippen LogP contribution >= 0.6 is 0 Å². The van der Waals surface area contributed by atoms with Gasteiger partial charge in [-0.05, 0) is 71.3 Å². The number of carbonyl (C=O) groups is 1. The molecule has 1 fully saturated rings. The predicted molar refractivity (Wildman–Crippen MR) is 139 cm³/mol. The SMILES string of the molecule is Cc1c(C(=O)N2CCOC[C@@H](Cc3ccc4ccncc4c3)C2)cccc1-c1ccc(OC(F)(F)F)cc1. The van der Waals surface area contributed by atoms with Crippen molar-refractivity contribution in [1.29, 1.82) is 0 Å². The molecular weight excluding hydrogens is 493 g/mol. The highest BCUT2D eigenvalue weighted by Crippen LogP contribution is 2.30. The van der Waals surface area contributed by atoms with Crippen LogP contribution in [-0.4, -0.2) is 48.5 Å². The third-order valence-electron chi connectivity index (χ3n) is 6.82. The molecule has 38 heavy (non-hydrogen) atoms. The summed E-state index contributed by atoms with van der Waals surface area (Å²) in [6, 6.07) is 19.4. The minimum atomic E-state index is -4.75.